The monoisotopic (exact) mass is 481 g/mol. The molecule has 9 heteroatoms. The largest absolute Gasteiger partial charge is 0.492 e. The highest BCUT2D eigenvalue weighted by Crippen LogP contribution is 2.25. The highest BCUT2D eigenvalue weighted by Gasteiger charge is 2.18. The van der Waals surface area contributed by atoms with Crippen molar-refractivity contribution in [1.82, 2.24) is 15.7 Å². The van der Waals surface area contributed by atoms with E-state index in [1.54, 1.807) is 35.8 Å². The Labute approximate surface area is 203 Å². The molecule has 3 aromatic rings. The van der Waals surface area contributed by atoms with Crippen molar-refractivity contribution in [3.8, 4) is 11.5 Å². The lowest BCUT2D eigenvalue weighted by molar-refractivity contribution is 0.0706. The Hall–Kier alpha value is -3.56. The van der Waals surface area contributed by atoms with Gasteiger partial charge in [0.05, 0.1) is 6.04 Å². The van der Waals surface area contributed by atoms with Crippen LogP contribution in [0, 0.1) is 0 Å². The number of rotatable bonds is 11. The first-order valence-corrected chi connectivity index (χ1v) is 11.9. The van der Waals surface area contributed by atoms with Gasteiger partial charge in [0.15, 0.2) is 5.76 Å². The van der Waals surface area contributed by atoms with Crippen molar-refractivity contribution in [3.05, 3.63) is 59.9 Å². The maximum absolute atomic E-state index is 12.8. The smallest absolute Gasteiger partial charge is 0.287 e. The summed E-state index contributed by atoms with van der Waals surface area (Å²) >= 11 is 0. The Bertz CT molecular complexity index is 1140. The Kier molecular flexibility index (Phi) is 8.23. The predicted molar refractivity (Wildman–Crippen MR) is 130 cm³/mol. The molecule has 2 aromatic carbocycles. The molecule has 1 aliphatic rings. The second-order valence-corrected chi connectivity index (χ2v) is 8.56. The van der Waals surface area contributed by atoms with Crippen LogP contribution >= 0.6 is 0 Å². The minimum atomic E-state index is -0.596. The third kappa shape index (κ3) is 6.52. The number of benzene rings is 2. The number of nitrogens with zero attached hydrogens (tertiary/aromatic N) is 1. The molecule has 9 nitrogen and oxygen atoms in total. The van der Waals surface area contributed by atoms with Gasteiger partial charge in [0.1, 0.15) is 30.3 Å². The van der Waals surface area contributed by atoms with Gasteiger partial charge in [0.2, 0.25) is 0 Å². The van der Waals surface area contributed by atoms with Crippen LogP contribution in [-0.4, -0.2) is 60.8 Å². The molecule has 2 heterocycles. The lowest BCUT2D eigenvalue weighted by atomic mass is 10.2. The number of nitrogens with one attached hydrogen (secondary N) is 2. The maximum atomic E-state index is 12.8. The van der Waals surface area contributed by atoms with Crippen molar-refractivity contribution in [2.45, 2.75) is 32.2 Å². The van der Waals surface area contributed by atoms with Gasteiger partial charge in [-0.1, -0.05) is 6.92 Å². The molecular weight excluding hydrogens is 450 g/mol. The first-order chi connectivity index (χ1) is 17.1. The molecule has 0 radical (unpaired) electrons. The van der Waals surface area contributed by atoms with E-state index in [-0.39, 0.29) is 24.3 Å². The maximum Gasteiger partial charge on any atom is 0.287 e. The lowest BCUT2D eigenvalue weighted by Crippen LogP contribution is -2.38. The zero-order chi connectivity index (χ0) is 24.6. The quantitative estimate of drug-likeness (QED) is 0.283. The van der Waals surface area contributed by atoms with Crippen LogP contribution in [0.1, 0.15) is 47.1 Å². The van der Waals surface area contributed by atoms with Crippen LogP contribution in [0.4, 0.5) is 0 Å². The van der Waals surface area contributed by atoms with Crippen LogP contribution in [0.2, 0.25) is 0 Å². The van der Waals surface area contributed by atoms with Crippen LogP contribution in [0.5, 0.6) is 11.5 Å². The average Bonchev–Trinajstić information content (AvgIpc) is 3.56. The number of amides is 2. The number of ether oxygens (including phenoxy) is 2. The summed E-state index contributed by atoms with van der Waals surface area (Å²) in [6, 6.07) is 13.4. The molecule has 1 aromatic heterocycles. The fraction of sp³-hybridized carbons (Fsp3) is 0.385. The van der Waals surface area contributed by atoms with E-state index in [1.807, 2.05) is 25.1 Å². The Balaban J connectivity index is 1.30. The Morgan fingerprint density at radius 2 is 1.77 bits per heavy atom. The third-order valence-corrected chi connectivity index (χ3v) is 6.08. The number of carbonyl (C=O) groups excluding carboxylic acids is 2. The number of furan rings is 1. The van der Waals surface area contributed by atoms with Gasteiger partial charge in [-0.05, 0) is 80.9 Å². The van der Waals surface area contributed by atoms with Crippen molar-refractivity contribution < 1.29 is 28.7 Å². The molecule has 0 bridgehead atoms. The van der Waals surface area contributed by atoms with Gasteiger partial charge in [-0.2, -0.15) is 0 Å². The standard InChI is InChI=1S/C26H31N3O6/c1-2-20(17-34-21-7-5-18(6-8-21)25(30)28-32)27-26(31)24-16-19-15-22(9-10-23(19)35-24)33-14-13-29-11-3-4-12-29/h5-10,15-16,20,32H,2-4,11-14,17H2,1H3,(H,27,31)(H,28,30)/t20-/m0/s1. The molecule has 3 N–H and O–H groups in total. The molecule has 1 atom stereocenters. The summed E-state index contributed by atoms with van der Waals surface area (Å²) in [5.41, 5.74) is 2.52. The van der Waals surface area contributed by atoms with Crippen LogP contribution in [0.15, 0.2) is 52.9 Å². The van der Waals surface area contributed by atoms with Gasteiger partial charge in [0.25, 0.3) is 11.8 Å². The minimum absolute atomic E-state index is 0.229. The second-order valence-electron chi connectivity index (χ2n) is 8.56. The summed E-state index contributed by atoms with van der Waals surface area (Å²) in [5, 5.41) is 12.4. The molecule has 35 heavy (non-hydrogen) atoms. The molecule has 4 rings (SSSR count). The highest BCUT2D eigenvalue weighted by molar-refractivity contribution is 5.96. The number of hydroxylamine groups is 1. The van der Waals surface area contributed by atoms with E-state index in [1.165, 1.54) is 12.8 Å². The van der Waals surface area contributed by atoms with Crippen molar-refractivity contribution in [2.24, 2.45) is 0 Å². The van der Waals surface area contributed by atoms with Gasteiger partial charge in [-0.15, -0.1) is 0 Å². The van der Waals surface area contributed by atoms with Crippen LogP contribution in [0.25, 0.3) is 11.0 Å². The van der Waals surface area contributed by atoms with Crippen molar-refractivity contribution in [1.29, 1.82) is 0 Å². The van der Waals surface area contributed by atoms with E-state index in [2.05, 4.69) is 10.2 Å². The number of hydrogen-bond acceptors (Lipinski definition) is 7. The summed E-state index contributed by atoms with van der Waals surface area (Å²) in [4.78, 5) is 26.6. The van der Waals surface area contributed by atoms with E-state index in [0.29, 0.717) is 29.9 Å². The number of fused-ring (bicyclic) bond motifs is 1. The molecule has 0 aliphatic carbocycles. The topological polar surface area (TPSA) is 113 Å². The van der Waals surface area contributed by atoms with Crippen molar-refractivity contribution >= 4 is 22.8 Å². The van der Waals surface area contributed by atoms with E-state index in [9.17, 15) is 9.59 Å². The van der Waals surface area contributed by atoms with Crippen molar-refractivity contribution in [2.75, 3.05) is 32.8 Å². The van der Waals surface area contributed by atoms with Gasteiger partial charge in [-0.3, -0.25) is 19.7 Å². The molecule has 1 aliphatic heterocycles. The molecule has 0 unspecified atom stereocenters. The molecule has 2 amide bonds. The molecule has 0 spiro atoms. The van der Waals surface area contributed by atoms with E-state index >= 15 is 0 Å². The summed E-state index contributed by atoms with van der Waals surface area (Å²) in [6.45, 7) is 6.03. The molecule has 1 fully saturated rings. The van der Waals surface area contributed by atoms with E-state index in [0.717, 1.165) is 30.8 Å². The fourth-order valence-corrected chi connectivity index (χ4v) is 4.00. The molecule has 1 saturated heterocycles. The van der Waals surface area contributed by atoms with Crippen LogP contribution < -0.4 is 20.3 Å². The summed E-state index contributed by atoms with van der Waals surface area (Å²) in [6.07, 6.45) is 3.18. The first-order valence-electron chi connectivity index (χ1n) is 11.9. The van der Waals surface area contributed by atoms with Gasteiger partial charge in [0, 0.05) is 17.5 Å². The fourth-order valence-electron chi connectivity index (χ4n) is 4.00. The second kappa shape index (κ2) is 11.7. The van der Waals surface area contributed by atoms with Gasteiger partial charge in [-0.25, -0.2) is 5.48 Å². The van der Waals surface area contributed by atoms with E-state index < -0.39 is 5.91 Å². The average molecular weight is 482 g/mol. The third-order valence-electron chi connectivity index (χ3n) is 6.08. The summed E-state index contributed by atoms with van der Waals surface area (Å²) < 4.78 is 17.4. The lowest BCUT2D eigenvalue weighted by Gasteiger charge is -2.17. The number of hydrogen-bond donors (Lipinski definition) is 3. The molecular formula is C26H31N3O6. The van der Waals surface area contributed by atoms with Gasteiger partial charge < -0.3 is 19.2 Å². The van der Waals surface area contributed by atoms with Crippen molar-refractivity contribution in [3.63, 3.8) is 0 Å². The van der Waals surface area contributed by atoms with Gasteiger partial charge >= 0.3 is 0 Å². The minimum Gasteiger partial charge on any atom is -0.492 e. The highest BCUT2D eigenvalue weighted by atomic mass is 16.5. The van der Waals surface area contributed by atoms with E-state index in [4.69, 9.17) is 19.1 Å². The van der Waals surface area contributed by atoms with Crippen LogP contribution in [-0.2, 0) is 0 Å². The zero-order valence-electron chi connectivity index (χ0n) is 19.8. The zero-order valence-corrected chi connectivity index (χ0v) is 19.8. The van der Waals surface area contributed by atoms with Crippen LogP contribution in [0.3, 0.4) is 0 Å². The number of likely N-dealkylation sites (tertiary alicyclic amines) is 1. The predicted octanol–water partition coefficient (Wildman–Crippen LogP) is 3.61. The normalized spacial score (nSPS) is 14.6. The summed E-state index contributed by atoms with van der Waals surface area (Å²) in [5.74, 6) is 0.622. The number of carbonyl (C=O) groups is 2. The molecule has 0 saturated carbocycles. The summed E-state index contributed by atoms with van der Waals surface area (Å²) in [7, 11) is 0. The Morgan fingerprint density at radius 1 is 1.03 bits per heavy atom. The first kappa shape index (κ1) is 24.6. The Morgan fingerprint density at radius 3 is 2.49 bits per heavy atom. The SMILES string of the molecule is CC[C@@H](COc1ccc(C(=O)NO)cc1)NC(=O)c1cc2cc(OCCN3CCCC3)ccc2o1. The molecule has 186 valence electrons.